The number of hydrogen-bond donors (Lipinski definition) is 1. The first-order valence-corrected chi connectivity index (χ1v) is 10.3. The van der Waals surface area contributed by atoms with Crippen LogP contribution < -0.4 is 5.32 Å². The number of para-hydroxylation sites is 1. The standard InChI is InChI=1S/C24H28N4O.ClH/c1-27(17-21-16-26-28(18-21)23-7-3-2-4-8-23)24(29)22-11-9-19(10-12-22)14-20-6-5-13-25-15-20;/h2-4,7-12,16,18,20,25H,5-6,13-15,17H2,1H3;1H. The molecule has 0 bridgehead atoms. The summed E-state index contributed by atoms with van der Waals surface area (Å²) in [5, 5.41) is 7.88. The van der Waals surface area contributed by atoms with Gasteiger partial charge in [-0.15, -0.1) is 12.4 Å². The van der Waals surface area contributed by atoms with Crippen LogP contribution in [0.3, 0.4) is 0 Å². The van der Waals surface area contributed by atoms with E-state index in [1.54, 1.807) is 4.90 Å². The van der Waals surface area contributed by atoms with Gasteiger partial charge in [0.2, 0.25) is 0 Å². The fraction of sp³-hybridized carbons (Fsp3) is 0.333. The molecule has 1 amide bonds. The van der Waals surface area contributed by atoms with E-state index in [4.69, 9.17) is 0 Å². The number of nitrogens with zero attached hydrogens (tertiary/aromatic N) is 3. The third-order valence-corrected chi connectivity index (χ3v) is 5.55. The molecule has 1 saturated heterocycles. The molecule has 0 spiro atoms. The van der Waals surface area contributed by atoms with Crippen molar-refractivity contribution in [2.75, 3.05) is 20.1 Å². The van der Waals surface area contributed by atoms with Gasteiger partial charge in [-0.1, -0.05) is 30.3 Å². The minimum Gasteiger partial charge on any atom is -0.337 e. The normalized spacial score (nSPS) is 16.0. The van der Waals surface area contributed by atoms with Gasteiger partial charge in [-0.05, 0) is 68.1 Å². The highest BCUT2D eigenvalue weighted by molar-refractivity contribution is 5.94. The number of benzene rings is 2. The van der Waals surface area contributed by atoms with Gasteiger partial charge in [0.15, 0.2) is 0 Å². The summed E-state index contributed by atoms with van der Waals surface area (Å²) in [6.45, 7) is 2.77. The third kappa shape index (κ3) is 5.49. The number of aromatic nitrogens is 2. The summed E-state index contributed by atoms with van der Waals surface area (Å²) in [4.78, 5) is 14.6. The van der Waals surface area contributed by atoms with Crippen molar-refractivity contribution in [3.8, 4) is 5.69 Å². The van der Waals surface area contributed by atoms with Crippen LogP contribution in [0.1, 0.15) is 34.3 Å². The van der Waals surface area contributed by atoms with Crippen molar-refractivity contribution in [2.45, 2.75) is 25.8 Å². The molecule has 0 saturated carbocycles. The minimum absolute atomic E-state index is 0. The van der Waals surface area contributed by atoms with E-state index in [1.807, 2.05) is 66.6 Å². The molecule has 4 rings (SSSR count). The highest BCUT2D eigenvalue weighted by Gasteiger charge is 2.16. The Morgan fingerprint density at radius 1 is 1.13 bits per heavy atom. The maximum Gasteiger partial charge on any atom is 0.253 e. The van der Waals surface area contributed by atoms with Crippen molar-refractivity contribution in [1.82, 2.24) is 20.0 Å². The second-order valence-corrected chi connectivity index (χ2v) is 7.90. The molecule has 5 nitrogen and oxygen atoms in total. The lowest BCUT2D eigenvalue weighted by molar-refractivity contribution is 0.0785. The van der Waals surface area contributed by atoms with Crippen LogP contribution >= 0.6 is 12.4 Å². The molecule has 0 radical (unpaired) electrons. The van der Waals surface area contributed by atoms with Crippen LogP contribution in [-0.4, -0.2) is 40.7 Å². The Kier molecular flexibility index (Phi) is 7.66. The highest BCUT2D eigenvalue weighted by Crippen LogP contribution is 2.18. The maximum absolute atomic E-state index is 12.8. The topological polar surface area (TPSA) is 50.2 Å². The van der Waals surface area contributed by atoms with E-state index in [1.165, 1.54) is 18.4 Å². The number of carbonyl (C=O) groups excluding carboxylic acids is 1. The monoisotopic (exact) mass is 424 g/mol. The Labute approximate surface area is 184 Å². The summed E-state index contributed by atoms with van der Waals surface area (Å²) in [5.41, 5.74) is 4.05. The van der Waals surface area contributed by atoms with Crippen LogP contribution in [0.15, 0.2) is 67.0 Å². The van der Waals surface area contributed by atoms with E-state index in [0.29, 0.717) is 12.5 Å². The molecule has 1 unspecified atom stereocenters. The molecule has 1 aromatic heterocycles. The average molecular weight is 425 g/mol. The van der Waals surface area contributed by atoms with Crippen LogP contribution in [0.4, 0.5) is 0 Å². The molecule has 1 N–H and O–H groups in total. The summed E-state index contributed by atoms with van der Waals surface area (Å²) in [5.74, 6) is 0.734. The predicted molar refractivity (Wildman–Crippen MR) is 122 cm³/mol. The van der Waals surface area contributed by atoms with Crippen LogP contribution in [0.5, 0.6) is 0 Å². The van der Waals surface area contributed by atoms with E-state index in [0.717, 1.165) is 36.3 Å². The van der Waals surface area contributed by atoms with Gasteiger partial charge in [-0.2, -0.15) is 5.10 Å². The largest absolute Gasteiger partial charge is 0.337 e. The Balaban J connectivity index is 0.00000256. The quantitative estimate of drug-likeness (QED) is 0.647. The van der Waals surface area contributed by atoms with Gasteiger partial charge in [0.05, 0.1) is 11.9 Å². The summed E-state index contributed by atoms with van der Waals surface area (Å²) >= 11 is 0. The van der Waals surface area contributed by atoms with Crippen molar-refractivity contribution in [2.24, 2.45) is 5.92 Å². The molecule has 1 fully saturated rings. The van der Waals surface area contributed by atoms with E-state index in [2.05, 4.69) is 22.5 Å². The van der Waals surface area contributed by atoms with Gasteiger partial charge < -0.3 is 10.2 Å². The molecule has 0 aliphatic carbocycles. The van der Waals surface area contributed by atoms with Crippen LogP contribution in [0.25, 0.3) is 5.69 Å². The third-order valence-electron chi connectivity index (χ3n) is 5.55. The first kappa shape index (κ1) is 22.1. The van der Waals surface area contributed by atoms with Crippen molar-refractivity contribution in [3.05, 3.63) is 83.7 Å². The van der Waals surface area contributed by atoms with Crippen molar-refractivity contribution < 1.29 is 4.79 Å². The summed E-state index contributed by atoms with van der Waals surface area (Å²) in [6.07, 6.45) is 7.41. The van der Waals surface area contributed by atoms with Gasteiger partial charge in [0, 0.05) is 30.9 Å². The Morgan fingerprint density at radius 2 is 1.90 bits per heavy atom. The number of nitrogens with one attached hydrogen (secondary N) is 1. The molecule has 3 aromatic rings. The molecule has 2 aromatic carbocycles. The number of amides is 1. The zero-order valence-electron chi connectivity index (χ0n) is 17.3. The van der Waals surface area contributed by atoms with E-state index in [-0.39, 0.29) is 18.3 Å². The van der Waals surface area contributed by atoms with Gasteiger partial charge in [0.1, 0.15) is 0 Å². The second kappa shape index (κ2) is 10.4. The number of halogens is 1. The summed E-state index contributed by atoms with van der Waals surface area (Å²) in [7, 11) is 1.84. The lowest BCUT2D eigenvalue weighted by Crippen LogP contribution is -2.30. The fourth-order valence-electron chi connectivity index (χ4n) is 3.94. The SMILES string of the molecule is CN(Cc1cnn(-c2ccccc2)c1)C(=O)c1ccc(CC2CCCNC2)cc1.Cl. The predicted octanol–water partition coefficient (Wildman–Crippen LogP) is 4.11. The van der Waals surface area contributed by atoms with E-state index >= 15 is 0 Å². The average Bonchev–Trinajstić information content (AvgIpc) is 3.23. The van der Waals surface area contributed by atoms with Crippen LogP contribution in [-0.2, 0) is 13.0 Å². The van der Waals surface area contributed by atoms with Gasteiger partial charge in [0.25, 0.3) is 5.91 Å². The maximum atomic E-state index is 12.8. The smallest absolute Gasteiger partial charge is 0.253 e. The minimum atomic E-state index is 0. The number of piperidine rings is 1. The van der Waals surface area contributed by atoms with Crippen LogP contribution in [0, 0.1) is 5.92 Å². The molecule has 158 valence electrons. The fourth-order valence-corrected chi connectivity index (χ4v) is 3.94. The molecule has 2 heterocycles. The first-order chi connectivity index (χ1) is 14.2. The van der Waals surface area contributed by atoms with E-state index in [9.17, 15) is 4.79 Å². The van der Waals surface area contributed by atoms with Crippen molar-refractivity contribution >= 4 is 18.3 Å². The van der Waals surface area contributed by atoms with Crippen molar-refractivity contribution in [3.63, 3.8) is 0 Å². The summed E-state index contributed by atoms with van der Waals surface area (Å²) in [6, 6.07) is 18.1. The molecular formula is C24H29ClN4O. The molecule has 1 aliphatic rings. The number of rotatable bonds is 6. The first-order valence-electron chi connectivity index (χ1n) is 10.3. The lowest BCUT2D eigenvalue weighted by Gasteiger charge is -2.22. The lowest BCUT2D eigenvalue weighted by atomic mass is 9.92. The second-order valence-electron chi connectivity index (χ2n) is 7.90. The highest BCUT2D eigenvalue weighted by atomic mass is 35.5. The van der Waals surface area contributed by atoms with Crippen LogP contribution in [0.2, 0.25) is 0 Å². The van der Waals surface area contributed by atoms with Gasteiger partial charge in [-0.3, -0.25) is 4.79 Å². The molecule has 30 heavy (non-hydrogen) atoms. The number of hydrogen-bond acceptors (Lipinski definition) is 3. The van der Waals surface area contributed by atoms with E-state index < -0.39 is 0 Å². The van der Waals surface area contributed by atoms with Gasteiger partial charge >= 0.3 is 0 Å². The molecular weight excluding hydrogens is 396 g/mol. The molecule has 6 heteroatoms. The Hall–Kier alpha value is -2.63. The Bertz CT molecular complexity index is 933. The zero-order chi connectivity index (χ0) is 20.1. The van der Waals surface area contributed by atoms with Gasteiger partial charge in [-0.25, -0.2) is 4.68 Å². The summed E-state index contributed by atoms with van der Waals surface area (Å²) < 4.78 is 1.84. The van der Waals surface area contributed by atoms with Crippen molar-refractivity contribution in [1.29, 1.82) is 0 Å². The number of carbonyl (C=O) groups is 1. The Morgan fingerprint density at radius 3 is 2.60 bits per heavy atom. The zero-order valence-corrected chi connectivity index (χ0v) is 18.1. The molecule has 1 aliphatic heterocycles. The molecule has 1 atom stereocenters.